The van der Waals surface area contributed by atoms with E-state index in [2.05, 4.69) is 92.8 Å². The molecule has 0 heterocycles. The average Bonchev–Trinajstić information content (AvgIpc) is 2.73. The summed E-state index contributed by atoms with van der Waals surface area (Å²) in [5.41, 5.74) is 3.87. The van der Waals surface area contributed by atoms with Gasteiger partial charge in [0.15, 0.2) is 6.79 Å². The number of rotatable bonds is 9. The van der Waals surface area contributed by atoms with Crippen molar-refractivity contribution < 1.29 is 9.47 Å². The first-order valence-electron chi connectivity index (χ1n) is 10.3. The topological polar surface area (TPSA) is 30.5 Å². The fourth-order valence-electron chi connectivity index (χ4n) is 3.23. The van der Waals surface area contributed by atoms with Gasteiger partial charge in [-0.05, 0) is 42.8 Å². The molecule has 0 saturated heterocycles. The van der Waals surface area contributed by atoms with Crippen LogP contribution in [0.5, 0.6) is 5.75 Å². The molecule has 158 valence electrons. The van der Waals surface area contributed by atoms with Crippen molar-refractivity contribution in [3.63, 3.8) is 0 Å². The molecule has 1 unspecified atom stereocenters. The molecule has 0 aliphatic rings. The van der Waals surface area contributed by atoms with Crippen molar-refractivity contribution in [2.24, 2.45) is 0 Å². The third kappa shape index (κ3) is 6.67. The van der Waals surface area contributed by atoms with E-state index in [1.165, 1.54) is 27.3 Å². The molecule has 0 bridgehead atoms. The molecule has 4 heteroatoms. The number of nitrogens with one attached hydrogen (secondary N) is 1. The van der Waals surface area contributed by atoms with Crippen LogP contribution in [0, 0.1) is 0 Å². The molecule has 0 amide bonds. The van der Waals surface area contributed by atoms with Gasteiger partial charge in [0, 0.05) is 30.9 Å². The average molecular weight is 422 g/mol. The molecular formula is C26H32NO2P. The molecular weight excluding hydrogens is 389 g/mol. The summed E-state index contributed by atoms with van der Waals surface area (Å²) in [6.07, 6.45) is 0.839. The van der Waals surface area contributed by atoms with Crippen molar-refractivity contribution in [1.29, 1.82) is 0 Å². The van der Waals surface area contributed by atoms with Crippen molar-refractivity contribution in [2.75, 3.05) is 13.9 Å². The highest BCUT2D eigenvalue weighted by Gasteiger charge is 2.14. The van der Waals surface area contributed by atoms with Gasteiger partial charge in [0.05, 0.1) is 0 Å². The van der Waals surface area contributed by atoms with Crippen LogP contribution in [0.15, 0.2) is 72.8 Å². The summed E-state index contributed by atoms with van der Waals surface area (Å²) in [6, 6.07) is 25.6. The number of benzene rings is 3. The summed E-state index contributed by atoms with van der Waals surface area (Å²) < 4.78 is 11.3. The molecule has 0 radical (unpaired) electrons. The lowest BCUT2D eigenvalue weighted by molar-refractivity contribution is 0.0513. The van der Waals surface area contributed by atoms with Crippen LogP contribution in [-0.4, -0.2) is 19.4 Å². The van der Waals surface area contributed by atoms with Crippen LogP contribution in [0.2, 0.25) is 0 Å². The Bertz CT molecular complexity index is 935. The number of ether oxygens (including phenoxy) is 2. The standard InChI is InChI=1S/C26H32NO2P/c1-26(2,3)27-18-22-13-8-9-15-23(22)30-24-16-10-14-21(25(24)29-19-28-4)17-20-11-6-5-7-12-20/h5-16,27,30H,17-19H2,1-4H3. The highest BCUT2D eigenvalue weighted by atomic mass is 31.1. The van der Waals surface area contributed by atoms with Crippen molar-refractivity contribution in [3.05, 3.63) is 89.5 Å². The third-order valence-electron chi connectivity index (χ3n) is 4.75. The Morgan fingerprint density at radius 2 is 1.47 bits per heavy atom. The smallest absolute Gasteiger partial charge is 0.188 e. The van der Waals surface area contributed by atoms with Crippen LogP contribution < -0.4 is 20.7 Å². The SMILES string of the molecule is COCOc1c(Cc2ccccc2)cccc1Pc1ccccc1CNC(C)(C)C. The van der Waals surface area contributed by atoms with E-state index in [-0.39, 0.29) is 12.3 Å². The predicted octanol–water partition coefficient (Wildman–Crippen LogP) is 4.78. The van der Waals surface area contributed by atoms with Crippen LogP contribution in [-0.2, 0) is 17.7 Å². The Kier molecular flexibility index (Phi) is 8.04. The van der Waals surface area contributed by atoms with E-state index < -0.39 is 0 Å². The minimum absolute atomic E-state index is 0.0819. The second kappa shape index (κ2) is 10.7. The summed E-state index contributed by atoms with van der Waals surface area (Å²) in [5, 5.41) is 6.16. The van der Waals surface area contributed by atoms with Crippen molar-refractivity contribution in [2.45, 2.75) is 39.3 Å². The lowest BCUT2D eigenvalue weighted by Crippen LogP contribution is -2.36. The maximum Gasteiger partial charge on any atom is 0.188 e. The first-order chi connectivity index (χ1) is 14.5. The van der Waals surface area contributed by atoms with Crippen LogP contribution in [0.1, 0.15) is 37.5 Å². The molecule has 0 aliphatic carbocycles. The third-order valence-corrected chi connectivity index (χ3v) is 6.17. The molecule has 3 rings (SSSR count). The Balaban J connectivity index is 1.89. The van der Waals surface area contributed by atoms with E-state index in [9.17, 15) is 0 Å². The molecule has 3 nitrogen and oxygen atoms in total. The first kappa shape index (κ1) is 22.5. The van der Waals surface area contributed by atoms with Gasteiger partial charge in [-0.1, -0.05) is 81.4 Å². The highest BCUT2D eigenvalue weighted by Crippen LogP contribution is 2.27. The second-order valence-electron chi connectivity index (χ2n) is 8.39. The van der Waals surface area contributed by atoms with Crippen LogP contribution >= 0.6 is 8.58 Å². The van der Waals surface area contributed by atoms with Gasteiger partial charge in [0.2, 0.25) is 0 Å². The zero-order valence-electron chi connectivity index (χ0n) is 18.4. The number of para-hydroxylation sites is 1. The zero-order valence-corrected chi connectivity index (χ0v) is 19.4. The van der Waals surface area contributed by atoms with Gasteiger partial charge < -0.3 is 14.8 Å². The summed E-state index contributed by atoms with van der Waals surface area (Å²) in [7, 11) is 2.18. The minimum atomic E-state index is 0.0819. The fraction of sp³-hybridized carbons (Fsp3) is 0.308. The van der Waals surface area contributed by atoms with Gasteiger partial charge in [-0.3, -0.25) is 0 Å². The predicted molar refractivity (Wildman–Crippen MR) is 129 cm³/mol. The summed E-state index contributed by atoms with van der Waals surface area (Å²) >= 11 is 0. The van der Waals surface area contributed by atoms with E-state index in [0.29, 0.717) is 8.58 Å². The molecule has 1 N–H and O–H groups in total. The van der Waals surface area contributed by atoms with Crippen LogP contribution in [0.3, 0.4) is 0 Å². The van der Waals surface area contributed by atoms with Gasteiger partial charge in [0.1, 0.15) is 5.75 Å². The molecule has 0 aliphatic heterocycles. The van der Waals surface area contributed by atoms with Gasteiger partial charge in [0.25, 0.3) is 0 Å². The first-order valence-corrected chi connectivity index (χ1v) is 11.3. The molecule has 0 fully saturated rings. The Labute approximate surface area is 182 Å². The molecule has 0 spiro atoms. The van der Waals surface area contributed by atoms with E-state index in [1.807, 2.05) is 6.07 Å². The fourth-order valence-corrected chi connectivity index (χ4v) is 4.56. The molecule has 1 atom stereocenters. The van der Waals surface area contributed by atoms with Crippen LogP contribution in [0.4, 0.5) is 0 Å². The number of hydrogen-bond donors (Lipinski definition) is 1. The lowest BCUT2D eigenvalue weighted by atomic mass is 10.0. The van der Waals surface area contributed by atoms with E-state index in [4.69, 9.17) is 9.47 Å². The Morgan fingerprint density at radius 3 is 2.20 bits per heavy atom. The van der Waals surface area contributed by atoms with Gasteiger partial charge in [-0.15, -0.1) is 0 Å². The summed E-state index contributed by atoms with van der Waals surface area (Å²) in [5.74, 6) is 0.945. The molecule has 30 heavy (non-hydrogen) atoms. The molecule has 3 aromatic carbocycles. The Hall–Kier alpha value is -2.19. The zero-order chi connectivity index (χ0) is 21.4. The normalized spacial score (nSPS) is 11.9. The van der Waals surface area contributed by atoms with Gasteiger partial charge in [-0.2, -0.15) is 0 Å². The quantitative estimate of drug-likeness (QED) is 0.399. The highest BCUT2D eigenvalue weighted by molar-refractivity contribution is 7.55. The number of methoxy groups -OCH3 is 1. The van der Waals surface area contributed by atoms with Crippen LogP contribution in [0.25, 0.3) is 0 Å². The second-order valence-corrected chi connectivity index (χ2v) is 9.72. The number of hydrogen-bond acceptors (Lipinski definition) is 3. The monoisotopic (exact) mass is 421 g/mol. The maximum atomic E-state index is 6.09. The molecule has 0 saturated carbocycles. The molecule has 3 aromatic rings. The van der Waals surface area contributed by atoms with E-state index in [0.717, 1.165) is 18.7 Å². The van der Waals surface area contributed by atoms with Gasteiger partial charge >= 0.3 is 0 Å². The van der Waals surface area contributed by atoms with Crippen molar-refractivity contribution >= 4 is 19.2 Å². The minimum Gasteiger partial charge on any atom is -0.467 e. The largest absolute Gasteiger partial charge is 0.467 e. The molecule has 0 aromatic heterocycles. The van der Waals surface area contributed by atoms with Crippen molar-refractivity contribution in [1.82, 2.24) is 5.32 Å². The lowest BCUT2D eigenvalue weighted by Gasteiger charge is -2.22. The van der Waals surface area contributed by atoms with E-state index >= 15 is 0 Å². The maximum absolute atomic E-state index is 6.09. The van der Waals surface area contributed by atoms with Gasteiger partial charge in [-0.25, -0.2) is 0 Å². The summed E-state index contributed by atoms with van der Waals surface area (Å²) in [4.78, 5) is 0. The van der Waals surface area contributed by atoms with E-state index in [1.54, 1.807) is 7.11 Å². The summed E-state index contributed by atoms with van der Waals surface area (Å²) in [6.45, 7) is 7.69. The van der Waals surface area contributed by atoms with Crippen molar-refractivity contribution in [3.8, 4) is 5.75 Å². The Morgan fingerprint density at radius 1 is 0.800 bits per heavy atom.